The third-order valence-electron chi connectivity index (χ3n) is 3.98. The van der Waals surface area contributed by atoms with E-state index in [0.717, 1.165) is 11.3 Å². The van der Waals surface area contributed by atoms with Gasteiger partial charge in [-0.2, -0.15) is 5.26 Å². The van der Waals surface area contributed by atoms with Crippen molar-refractivity contribution < 1.29 is 9.72 Å². The molecular formula is C17H14N4O3. The van der Waals surface area contributed by atoms with Crippen LogP contribution in [0.3, 0.4) is 0 Å². The number of benzene rings is 2. The van der Waals surface area contributed by atoms with Crippen LogP contribution in [0.25, 0.3) is 0 Å². The summed E-state index contributed by atoms with van der Waals surface area (Å²) in [5.41, 5.74) is 2.43. The number of fused-ring (bicyclic) bond motifs is 1. The van der Waals surface area contributed by atoms with Crippen LogP contribution in [0, 0.1) is 21.4 Å². The van der Waals surface area contributed by atoms with Crippen LogP contribution in [0.15, 0.2) is 42.5 Å². The highest BCUT2D eigenvalue weighted by Gasteiger charge is 2.24. The van der Waals surface area contributed by atoms with Crippen LogP contribution >= 0.6 is 0 Å². The smallest absolute Gasteiger partial charge is 0.270 e. The Kier molecular flexibility index (Phi) is 4.12. The van der Waals surface area contributed by atoms with Gasteiger partial charge >= 0.3 is 0 Å². The fourth-order valence-electron chi connectivity index (χ4n) is 2.81. The van der Waals surface area contributed by atoms with Gasteiger partial charge in [-0.15, -0.1) is 0 Å². The van der Waals surface area contributed by atoms with Gasteiger partial charge in [0.05, 0.1) is 16.2 Å². The third kappa shape index (κ3) is 3.03. The van der Waals surface area contributed by atoms with Crippen molar-refractivity contribution in [1.82, 2.24) is 0 Å². The van der Waals surface area contributed by atoms with Gasteiger partial charge in [0.25, 0.3) is 5.69 Å². The standard InChI is InChI=1S/C17H14N4O3/c18-9-11-7-13(21(23)24)5-6-15(11)19-10-12-8-17(22)20-16-4-2-1-3-14(12)16/h1-7,12,19H,8,10H2,(H,20,22). The molecule has 0 fully saturated rings. The molecule has 7 heteroatoms. The Morgan fingerprint density at radius 2 is 2.12 bits per heavy atom. The zero-order chi connectivity index (χ0) is 17.1. The number of non-ortho nitro benzene ring substituents is 1. The van der Waals surface area contributed by atoms with Crippen LogP contribution in [0.2, 0.25) is 0 Å². The van der Waals surface area contributed by atoms with E-state index in [0.29, 0.717) is 18.7 Å². The molecule has 120 valence electrons. The van der Waals surface area contributed by atoms with Crippen LogP contribution in [0.5, 0.6) is 0 Å². The molecule has 1 heterocycles. The first-order valence-electron chi connectivity index (χ1n) is 7.39. The molecule has 24 heavy (non-hydrogen) atoms. The first kappa shape index (κ1) is 15.5. The first-order chi connectivity index (χ1) is 11.6. The molecule has 7 nitrogen and oxygen atoms in total. The summed E-state index contributed by atoms with van der Waals surface area (Å²) in [7, 11) is 0. The molecule has 0 aromatic heterocycles. The fourth-order valence-corrected chi connectivity index (χ4v) is 2.81. The molecule has 2 aromatic carbocycles. The Morgan fingerprint density at radius 1 is 1.33 bits per heavy atom. The summed E-state index contributed by atoms with van der Waals surface area (Å²) >= 11 is 0. The molecule has 0 bridgehead atoms. The molecule has 0 radical (unpaired) electrons. The van der Waals surface area contributed by atoms with Crippen molar-refractivity contribution in [2.75, 3.05) is 17.2 Å². The van der Waals surface area contributed by atoms with Gasteiger partial charge in [0.2, 0.25) is 5.91 Å². The molecule has 2 N–H and O–H groups in total. The molecule has 0 aliphatic carbocycles. The number of hydrogen-bond acceptors (Lipinski definition) is 5. The molecule has 3 rings (SSSR count). The summed E-state index contributed by atoms with van der Waals surface area (Å²) in [6, 6.07) is 13.7. The van der Waals surface area contributed by atoms with Gasteiger partial charge in [-0.1, -0.05) is 18.2 Å². The summed E-state index contributed by atoms with van der Waals surface area (Å²) in [4.78, 5) is 22.1. The van der Waals surface area contributed by atoms with Crippen molar-refractivity contribution in [2.24, 2.45) is 0 Å². The van der Waals surface area contributed by atoms with E-state index in [1.54, 1.807) is 0 Å². The van der Waals surface area contributed by atoms with Gasteiger partial charge in [-0.3, -0.25) is 14.9 Å². The highest BCUT2D eigenvalue weighted by Crippen LogP contribution is 2.32. The molecule has 1 amide bonds. The van der Waals surface area contributed by atoms with E-state index in [2.05, 4.69) is 10.6 Å². The van der Waals surface area contributed by atoms with Gasteiger partial charge in [0, 0.05) is 36.7 Å². The molecule has 1 unspecified atom stereocenters. The minimum absolute atomic E-state index is 0.0308. The highest BCUT2D eigenvalue weighted by atomic mass is 16.6. The van der Waals surface area contributed by atoms with E-state index in [1.165, 1.54) is 18.2 Å². The second-order valence-corrected chi connectivity index (χ2v) is 5.52. The number of nitro benzene ring substituents is 1. The summed E-state index contributed by atoms with van der Waals surface area (Å²) < 4.78 is 0. The lowest BCUT2D eigenvalue weighted by molar-refractivity contribution is -0.384. The van der Waals surface area contributed by atoms with Gasteiger partial charge in [-0.25, -0.2) is 0 Å². The predicted molar refractivity (Wildman–Crippen MR) is 88.7 cm³/mol. The summed E-state index contributed by atoms with van der Waals surface area (Å²) in [5, 5.41) is 25.9. The second kappa shape index (κ2) is 6.38. The maximum atomic E-state index is 11.8. The largest absolute Gasteiger partial charge is 0.383 e. The van der Waals surface area contributed by atoms with Gasteiger partial charge in [0.1, 0.15) is 6.07 Å². The Hall–Kier alpha value is -3.40. The number of amides is 1. The van der Waals surface area contributed by atoms with Crippen LogP contribution < -0.4 is 10.6 Å². The van der Waals surface area contributed by atoms with Crippen molar-refractivity contribution in [3.8, 4) is 6.07 Å². The van der Waals surface area contributed by atoms with Crippen molar-refractivity contribution in [3.05, 3.63) is 63.7 Å². The lowest BCUT2D eigenvalue weighted by Gasteiger charge is -2.26. The van der Waals surface area contributed by atoms with Crippen molar-refractivity contribution >= 4 is 23.0 Å². The van der Waals surface area contributed by atoms with Crippen LogP contribution in [-0.4, -0.2) is 17.4 Å². The molecule has 1 aliphatic rings. The summed E-state index contributed by atoms with van der Waals surface area (Å²) in [6.07, 6.45) is 0.346. The van der Waals surface area contributed by atoms with Gasteiger partial charge in [0.15, 0.2) is 0 Å². The minimum Gasteiger partial charge on any atom is -0.383 e. The molecule has 0 saturated heterocycles. The van der Waals surface area contributed by atoms with Gasteiger partial charge in [-0.05, 0) is 17.7 Å². The number of nitrogens with one attached hydrogen (secondary N) is 2. The van der Waals surface area contributed by atoms with Gasteiger partial charge < -0.3 is 10.6 Å². The summed E-state index contributed by atoms with van der Waals surface area (Å²) in [6.45, 7) is 0.455. The quantitative estimate of drug-likeness (QED) is 0.664. The molecule has 2 aromatic rings. The number of anilines is 2. The van der Waals surface area contributed by atoms with E-state index in [-0.39, 0.29) is 23.1 Å². The van der Waals surface area contributed by atoms with E-state index >= 15 is 0 Å². The van der Waals surface area contributed by atoms with E-state index < -0.39 is 4.92 Å². The van der Waals surface area contributed by atoms with E-state index in [4.69, 9.17) is 0 Å². The third-order valence-corrected chi connectivity index (χ3v) is 3.98. The molecular weight excluding hydrogens is 308 g/mol. The number of nitrogens with zero attached hydrogens (tertiary/aromatic N) is 2. The number of carbonyl (C=O) groups excluding carboxylic acids is 1. The molecule has 0 saturated carbocycles. The number of hydrogen-bond donors (Lipinski definition) is 2. The number of carbonyl (C=O) groups is 1. The SMILES string of the molecule is N#Cc1cc([N+](=O)[O-])ccc1NCC1CC(=O)Nc2ccccc21. The van der Waals surface area contributed by atoms with E-state index in [1.807, 2.05) is 30.3 Å². The van der Waals surface area contributed by atoms with E-state index in [9.17, 15) is 20.2 Å². The van der Waals surface area contributed by atoms with Crippen LogP contribution in [0.1, 0.15) is 23.5 Å². The minimum atomic E-state index is -0.535. The van der Waals surface area contributed by atoms with Crippen LogP contribution in [-0.2, 0) is 4.79 Å². The zero-order valence-corrected chi connectivity index (χ0v) is 12.7. The zero-order valence-electron chi connectivity index (χ0n) is 12.7. The molecule has 1 atom stereocenters. The Morgan fingerprint density at radius 3 is 2.88 bits per heavy atom. The molecule has 1 aliphatic heterocycles. The van der Waals surface area contributed by atoms with Crippen molar-refractivity contribution in [2.45, 2.75) is 12.3 Å². The number of rotatable bonds is 4. The maximum absolute atomic E-state index is 11.8. The average molecular weight is 322 g/mol. The topological polar surface area (TPSA) is 108 Å². The number of para-hydroxylation sites is 1. The first-order valence-corrected chi connectivity index (χ1v) is 7.39. The summed E-state index contributed by atoms with van der Waals surface area (Å²) in [5.74, 6) is -0.0820. The van der Waals surface area contributed by atoms with Crippen molar-refractivity contribution in [3.63, 3.8) is 0 Å². The number of nitriles is 1. The van der Waals surface area contributed by atoms with Crippen LogP contribution in [0.4, 0.5) is 17.1 Å². The predicted octanol–water partition coefficient (Wildman–Crippen LogP) is 3.00. The second-order valence-electron chi connectivity index (χ2n) is 5.52. The lowest BCUT2D eigenvalue weighted by Crippen LogP contribution is -2.26. The normalized spacial score (nSPS) is 15.8. The Labute approximate surface area is 138 Å². The van der Waals surface area contributed by atoms with Crippen molar-refractivity contribution in [1.29, 1.82) is 5.26 Å². The lowest BCUT2D eigenvalue weighted by atomic mass is 9.90. The fraction of sp³-hybridized carbons (Fsp3) is 0.176. The average Bonchev–Trinajstić information content (AvgIpc) is 2.59. The highest BCUT2D eigenvalue weighted by molar-refractivity contribution is 5.94. The maximum Gasteiger partial charge on any atom is 0.270 e. The monoisotopic (exact) mass is 322 g/mol. The number of nitro groups is 1. The molecule has 0 spiro atoms. The Bertz CT molecular complexity index is 857. The Balaban J connectivity index is 1.80.